The number of rotatable bonds is 3. The van der Waals surface area contributed by atoms with Gasteiger partial charge < -0.3 is 9.72 Å². The van der Waals surface area contributed by atoms with Crippen molar-refractivity contribution in [3.63, 3.8) is 0 Å². The largest absolute Gasteiger partial charge is 0.494 e. The van der Waals surface area contributed by atoms with Gasteiger partial charge in [-0.05, 0) is 47.2 Å². The molecule has 2 rings (SSSR count). The van der Waals surface area contributed by atoms with E-state index in [0.717, 1.165) is 18.8 Å². The fraction of sp³-hybridized carbons (Fsp3) is 0.273. The van der Waals surface area contributed by atoms with Crippen molar-refractivity contribution < 1.29 is 4.74 Å². The first-order chi connectivity index (χ1) is 6.81. The third kappa shape index (κ3) is 1.87. The maximum atomic E-state index is 5.57. The number of hydrogen-bond acceptors (Lipinski definition) is 1. The number of aromatic nitrogens is 1. The number of fused-ring (bicyclic) bond motifs is 1. The van der Waals surface area contributed by atoms with Crippen LogP contribution in [0.25, 0.3) is 10.9 Å². The van der Waals surface area contributed by atoms with Crippen LogP contribution in [-0.2, 0) is 0 Å². The molecule has 0 bridgehead atoms. The van der Waals surface area contributed by atoms with Crippen LogP contribution in [0.5, 0.6) is 5.75 Å². The molecule has 1 aromatic carbocycles. The van der Waals surface area contributed by atoms with E-state index in [4.69, 9.17) is 4.74 Å². The number of benzene rings is 1. The number of ether oxygens (including phenoxy) is 1. The molecule has 0 saturated heterocycles. The quantitative estimate of drug-likeness (QED) is 0.862. The van der Waals surface area contributed by atoms with Crippen LogP contribution in [0.3, 0.4) is 0 Å². The molecule has 0 aliphatic heterocycles. The molecule has 0 atom stereocenters. The zero-order chi connectivity index (χ0) is 9.97. The molecule has 0 amide bonds. The number of halogens is 1. The van der Waals surface area contributed by atoms with Crippen molar-refractivity contribution in [1.29, 1.82) is 0 Å². The molecule has 74 valence electrons. The van der Waals surface area contributed by atoms with E-state index < -0.39 is 0 Å². The Morgan fingerprint density at radius 1 is 1.43 bits per heavy atom. The minimum Gasteiger partial charge on any atom is -0.494 e. The molecule has 0 radical (unpaired) electrons. The van der Waals surface area contributed by atoms with Gasteiger partial charge in [-0.1, -0.05) is 6.92 Å². The van der Waals surface area contributed by atoms with Gasteiger partial charge in [-0.15, -0.1) is 0 Å². The summed E-state index contributed by atoms with van der Waals surface area (Å²) in [6, 6.07) is 6.15. The minimum absolute atomic E-state index is 0.784. The predicted molar refractivity (Wildman–Crippen MR) is 66.8 cm³/mol. The molecule has 0 fully saturated rings. The van der Waals surface area contributed by atoms with Gasteiger partial charge >= 0.3 is 0 Å². The highest BCUT2D eigenvalue weighted by molar-refractivity contribution is 14.1. The Morgan fingerprint density at radius 3 is 3.07 bits per heavy atom. The van der Waals surface area contributed by atoms with Crippen LogP contribution in [0, 0.1) is 3.57 Å². The fourth-order valence-electron chi connectivity index (χ4n) is 1.38. The fourth-order valence-corrected chi connectivity index (χ4v) is 1.98. The van der Waals surface area contributed by atoms with Crippen molar-refractivity contribution in [1.82, 2.24) is 4.98 Å². The highest BCUT2D eigenvalue weighted by Gasteiger charge is 2.01. The molecule has 0 unspecified atom stereocenters. The molecule has 2 aromatic rings. The maximum absolute atomic E-state index is 5.57. The van der Waals surface area contributed by atoms with E-state index in [2.05, 4.69) is 46.6 Å². The third-order valence-electron chi connectivity index (χ3n) is 2.08. The Labute approximate surface area is 96.8 Å². The lowest BCUT2D eigenvalue weighted by atomic mass is 10.2. The Bertz CT molecular complexity index is 436. The van der Waals surface area contributed by atoms with Crippen LogP contribution in [-0.4, -0.2) is 11.6 Å². The van der Waals surface area contributed by atoms with Crippen LogP contribution in [0.2, 0.25) is 0 Å². The standard InChI is InChI=1S/C11H12INO/c1-2-5-14-8-3-4-11-9(6-8)10(12)7-13-11/h3-4,6-7,13H,2,5H2,1H3. The van der Waals surface area contributed by atoms with E-state index in [9.17, 15) is 0 Å². The normalized spacial score (nSPS) is 10.7. The van der Waals surface area contributed by atoms with Gasteiger partial charge in [0.1, 0.15) is 5.75 Å². The highest BCUT2D eigenvalue weighted by atomic mass is 127. The summed E-state index contributed by atoms with van der Waals surface area (Å²) in [6.45, 7) is 2.89. The lowest BCUT2D eigenvalue weighted by Gasteiger charge is -2.03. The molecule has 2 nitrogen and oxygen atoms in total. The monoisotopic (exact) mass is 301 g/mol. The van der Waals surface area contributed by atoms with Gasteiger partial charge in [0.25, 0.3) is 0 Å². The second-order valence-electron chi connectivity index (χ2n) is 3.19. The Hall–Kier alpha value is -0.710. The van der Waals surface area contributed by atoms with Gasteiger partial charge in [-0.3, -0.25) is 0 Å². The summed E-state index contributed by atoms with van der Waals surface area (Å²) in [6.07, 6.45) is 3.05. The molecule has 1 N–H and O–H groups in total. The van der Waals surface area contributed by atoms with E-state index in [1.54, 1.807) is 0 Å². The van der Waals surface area contributed by atoms with Crippen molar-refractivity contribution in [2.24, 2.45) is 0 Å². The van der Waals surface area contributed by atoms with E-state index in [1.807, 2.05) is 12.3 Å². The second-order valence-corrected chi connectivity index (χ2v) is 4.35. The van der Waals surface area contributed by atoms with Gasteiger partial charge in [0, 0.05) is 20.7 Å². The minimum atomic E-state index is 0.784. The van der Waals surface area contributed by atoms with Crippen LogP contribution in [0.4, 0.5) is 0 Å². The average Bonchev–Trinajstić information content (AvgIpc) is 2.57. The predicted octanol–water partition coefficient (Wildman–Crippen LogP) is 3.56. The van der Waals surface area contributed by atoms with Gasteiger partial charge in [-0.2, -0.15) is 0 Å². The van der Waals surface area contributed by atoms with Crippen molar-refractivity contribution in [2.45, 2.75) is 13.3 Å². The molecule has 0 aliphatic rings. The average molecular weight is 301 g/mol. The Balaban J connectivity index is 2.34. The van der Waals surface area contributed by atoms with Crippen molar-refractivity contribution in [3.8, 4) is 5.75 Å². The summed E-state index contributed by atoms with van der Waals surface area (Å²) in [7, 11) is 0. The first kappa shape index (κ1) is 9.83. The summed E-state index contributed by atoms with van der Waals surface area (Å²) in [5, 5.41) is 1.24. The smallest absolute Gasteiger partial charge is 0.120 e. The van der Waals surface area contributed by atoms with E-state index in [0.29, 0.717) is 0 Å². The number of H-pyrrole nitrogens is 1. The molecular weight excluding hydrogens is 289 g/mol. The Kier molecular flexibility index (Phi) is 2.96. The van der Waals surface area contributed by atoms with Crippen molar-refractivity contribution in [3.05, 3.63) is 28.0 Å². The highest BCUT2D eigenvalue weighted by Crippen LogP contribution is 2.24. The Morgan fingerprint density at radius 2 is 2.29 bits per heavy atom. The zero-order valence-corrected chi connectivity index (χ0v) is 10.2. The SMILES string of the molecule is CCCOc1ccc2[nH]cc(I)c2c1. The number of nitrogens with one attached hydrogen (secondary N) is 1. The lowest BCUT2D eigenvalue weighted by Crippen LogP contribution is -1.94. The summed E-state index contributed by atoms with van der Waals surface area (Å²) in [5.41, 5.74) is 1.17. The molecule has 0 aliphatic carbocycles. The van der Waals surface area contributed by atoms with E-state index in [1.165, 1.54) is 14.5 Å². The second kappa shape index (κ2) is 4.21. The molecule has 1 heterocycles. The van der Waals surface area contributed by atoms with E-state index in [-0.39, 0.29) is 0 Å². The number of aromatic amines is 1. The molecular formula is C11H12INO. The van der Waals surface area contributed by atoms with Crippen LogP contribution >= 0.6 is 22.6 Å². The summed E-state index contributed by atoms with van der Waals surface area (Å²) in [5.74, 6) is 0.955. The summed E-state index contributed by atoms with van der Waals surface area (Å²) < 4.78 is 6.81. The topological polar surface area (TPSA) is 25.0 Å². The summed E-state index contributed by atoms with van der Waals surface area (Å²) in [4.78, 5) is 3.21. The van der Waals surface area contributed by atoms with Gasteiger partial charge in [0.05, 0.1) is 6.61 Å². The van der Waals surface area contributed by atoms with Gasteiger partial charge in [-0.25, -0.2) is 0 Å². The van der Waals surface area contributed by atoms with Crippen LogP contribution in [0.15, 0.2) is 24.4 Å². The van der Waals surface area contributed by atoms with Gasteiger partial charge in [0.2, 0.25) is 0 Å². The van der Waals surface area contributed by atoms with Crippen LogP contribution in [0.1, 0.15) is 13.3 Å². The molecule has 14 heavy (non-hydrogen) atoms. The molecule has 0 spiro atoms. The van der Waals surface area contributed by atoms with E-state index >= 15 is 0 Å². The first-order valence-electron chi connectivity index (χ1n) is 4.70. The molecule has 3 heteroatoms. The lowest BCUT2D eigenvalue weighted by molar-refractivity contribution is 0.318. The summed E-state index contributed by atoms with van der Waals surface area (Å²) >= 11 is 2.32. The van der Waals surface area contributed by atoms with Crippen LogP contribution < -0.4 is 4.74 Å². The first-order valence-corrected chi connectivity index (χ1v) is 5.78. The molecule has 1 aromatic heterocycles. The van der Waals surface area contributed by atoms with Crippen molar-refractivity contribution in [2.75, 3.05) is 6.61 Å². The number of hydrogen-bond donors (Lipinski definition) is 1. The maximum Gasteiger partial charge on any atom is 0.120 e. The van der Waals surface area contributed by atoms with Crippen molar-refractivity contribution >= 4 is 33.5 Å². The zero-order valence-electron chi connectivity index (χ0n) is 8.01. The molecule has 0 saturated carbocycles. The third-order valence-corrected chi connectivity index (χ3v) is 2.97. The van der Waals surface area contributed by atoms with Gasteiger partial charge in [0.15, 0.2) is 0 Å².